The summed E-state index contributed by atoms with van der Waals surface area (Å²) in [5, 5.41) is 0. The van der Waals surface area contributed by atoms with Crippen molar-refractivity contribution in [3.05, 3.63) is 24.3 Å². The summed E-state index contributed by atoms with van der Waals surface area (Å²) < 4.78 is 0. The van der Waals surface area contributed by atoms with Crippen molar-refractivity contribution in [1.82, 2.24) is 0 Å². The van der Waals surface area contributed by atoms with Crippen molar-refractivity contribution in [3.63, 3.8) is 0 Å². The quantitative estimate of drug-likeness (QED) is 0.357. The molecule has 0 aliphatic heterocycles. The zero-order chi connectivity index (χ0) is 7.28. The Morgan fingerprint density at radius 1 is 1.67 bits per heavy atom. The SMILES string of the molecule is C=C(/C=C\[CH]=[Ni])C(N)=O. The van der Waals surface area contributed by atoms with Crippen LogP contribution in [0.1, 0.15) is 0 Å². The van der Waals surface area contributed by atoms with Crippen molar-refractivity contribution in [1.29, 1.82) is 0 Å². The van der Waals surface area contributed by atoms with Gasteiger partial charge in [-0.25, -0.2) is 0 Å². The Bertz CT molecular complexity index is 172. The maximum atomic E-state index is 10.2. The molecule has 0 aromatic heterocycles. The van der Waals surface area contributed by atoms with Crippen LogP contribution in [0.2, 0.25) is 0 Å². The molecule has 0 aromatic rings. The predicted octanol–water partition coefficient (Wildman–Crippen LogP) is -0.0669. The van der Waals surface area contributed by atoms with E-state index >= 15 is 0 Å². The van der Waals surface area contributed by atoms with E-state index in [-0.39, 0.29) is 5.57 Å². The number of carbonyl (C=O) groups is 1. The van der Waals surface area contributed by atoms with Crippen LogP contribution in [0.4, 0.5) is 0 Å². The monoisotopic (exact) mass is 167 g/mol. The fraction of sp³-hybridized carbons (Fsp3) is 0. The van der Waals surface area contributed by atoms with Crippen LogP contribution < -0.4 is 5.73 Å². The van der Waals surface area contributed by atoms with Crippen LogP contribution in [-0.4, -0.2) is 10.9 Å². The van der Waals surface area contributed by atoms with Crippen LogP contribution in [0, 0.1) is 0 Å². The Kier molecular flexibility index (Phi) is 3.90. The molecule has 9 heavy (non-hydrogen) atoms. The summed E-state index contributed by atoms with van der Waals surface area (Å²) in [6.07, 6.45) is 3.03. The van der Waals surface area contributed by atoms with E-state index in [0.29, 0.717) is 0 Å². The van der Waals surface area contributed by atoms with Crippen molar-refractivity contribution in [2.75, 3.05) is 0 Å². The van der Waals surface area contributed by atoms with Gasteiger partial charge in [0.05, 0.1) is 0 Å². The molecular formula is C6H7NNiO. The molecule has 0 saturated carbocycles. The van der Waals surface area contributed by atoms with E-state index in [2.05, 4.69) is 21.6 Å². The molecule has 0 aliphatic rings. The third kappa shape index (κ3) is 3.86. The second-order valence-electron chi connectivity index (χ2n) is 1.35. The summed E-state index contributed by atoms with van der Waals surface area (Å²) in [7, 11) is 0. The summed E-state index contributed by atoms with van der Waals surface area (Å²) in [5.74, 6) is -0.520. The van der Waals surface area contributed by atoms with Gasteiger partial charge in [-0.1, -0.05) is 0 Å². The fourth-order valence-electron chi connectivity index (χ4n) is 0.229. The zero-order valence-electron chi connectivity index (χ0n) is 4.74. The van der Waals surface area contributed by atoms with Crippen LogP contribution in [0.15, 0.2) is 24.3 Å². The summed E-state index contributed by atoms with van der Waals surface area (Å²) in [6, 6.07) is 0. The first-order valence-corrected chi connectivity index (χ1v) is 2.80. The molecule has 0 saturated heterocycles. The maximum absolute atomic E-state index is 10.2. The average Bonchev–Trinajstić information content (AvgIpc) is 1.82. The van der Waals surface area contributed by atoms with Crippen molar-refractivity contribution in [3.8, 4) is 0 Å². The Morgan fingerprint density at radius 3 is 2.56 bits per heavy atom. The minimum absolute atomic E-state index is 0.267. The van der Waals surface area contributed by atoms with Crippen molar-refractivity contribution >= 4 is 10.9 Å². The normalized spacial score (nSPS) is 9.56. The number of carbonyl (C=O) groups excluding carboxylic acids is 1. The number of amides is 1. The molecule has 0 unspecified atom stereocenters. The average molecular weight is 168 g/mol. The fourth-order valence-corrected chi connectivity index (χ4v) is 0.324. The first-order valence-electron chi connectivity index (χ1n) is 2.23. The number of primary amides is 1. The molecule has 0 radical (unpaired) electrons. The van der Waals surface area contributed by atoms with Crippen LogP contribution in [0.3, 0.4) is 0 Å². The predicted molar refractivity (Wildman–Crippen MR) is 33.5 cm³/mol. The van der Waals surface area contributed by atoms with Gasteiger partial charge in [0.25, 0.3) is 0 Å². The minimum atomic E-state index is -0.520. The molecule has 3 heteroatoms. The Morgan fingerprint density at radius 2 is 2.22 bits per heavy atom. The van der Waals surface area contributed by atoms with Gasteiger partial charge in [0.1, 0.15) is 0 Å². The molecule has 0 spiro atoms. The van der Waals surface area contributed by atoms with Crippen LogP contribution >= 0.6 is 0 Å². The standard InChI is InChI=1S/C6H7NO.Ni/c1-3-4-5(2)6(7)8;/h1,3-4H,2H2,(H2,7,8);/b4-3-;. The van der Waals surface area contributed by atoms with Gasteiger partial charge in [-0.3, -0.25) is 0 Å². The second-order valence-corrected chi connectivity index (χ2v) is 1.68. The summed E-state index contributed by atoms with van der Waals surface area (Å²) in [5.41, 5.74) is 5.11. The molecule has 0 aliphatic carbocycles. The van der Waals surface area contributed by atoms with Gasteiger partial charge in [0.2, 0.25) is 0 Å². The van der Waals surface area contributed by atoms with Gasteiger partial charge in [-0.15, -0.1) is 0 Å². The van der Waals surface area contributed by atoms with Gasteiger partial charge in [-0.05, 0) is 0 Å². The molecule has 52 valence electrons. The zero-order valence-corrected chi connectivity index (χ0v) is 5.73. The van der Waals surface area contributed by atoms with Gasteiger partial charge in [-0.2, -0.15) is 0 Å². The van der Waals surface area contributed by atoms with Crippen LogP contribution in [0.5, 0.6) is 0 Å². The van der Waals surface area contributed by atoms with E-state index in [0.717, 1.165) is 0 Å². The van der Waals surface area contributed by atoms with E-state index in [1.54, 1.807) is 6.08 Å². The molecule has 1 amide bonds. The number of rotatable bonds is 3. The molecule has 0 rings (SSSR count). The van der Waals surface area contributed by atoms with E-state index in [9.17, 15) is 4.79 Å². The molecular weight excluding hydrogens is 161 g/mol. The molecule has 0 fully saturated rings. The van der Waals surface area contributed by atoms with Crippen molar-refractivity contribution < 1.29 is 19.8 Å². The Balaban J connectivity index is 3.92. The molecule has 0 atom stereocenters. The molecule has 0 heterocycles. The van der Waals surface area contributed by atoms with Gasteiger partial charge in [0, 0.05) is 0 Å². The number of hydrogen-bond acceptors (Lipinski definition) is 1. The number of nitrogens with two attached hydrogens (primary N) is 1. The summed E-state index contributed by atoms with van der Waals surface area (Å²) >= 11 is 4.19. The Hall–Kier alpha value is -0.686. The second kappa shape index (κ2) is 4.22. The number of allylic oxidation sites excluding steroid dienone is 1. The summed E-state index contributed by atoms with van der Waals surface area (Å²) in [6.45, 7) is 3.37. The van der Waals surface area contributed by atoms with Crippen LogP contribution in [-0.2, 0) is 19.8 Å². The van der Waals surface area contributed by atoms with E-state index < -0.39 is 5.91 Å². The Labute approximate surface area is 61.3 Å². The first-order chi connectivity index (χ1) is 4.18. The topological polar surface area (TPSA) is 43.1 Å². The molecule has 0 bridgehead atoms. The first kappa shape index (κ1) is 8.31. The van der Waals surface area contributed by atoms with E-state index in [4.69, 9.17) is 5.73 Å². The van der Waals surface area contributed by atoms with E-state index in [1.807, 2.05) is 0 Å². The summed E-state index contributed by atoms with van der Waals surface area (Å²) in [4.78, 5) is 11.7. The van der Waals surface area contributed by atoms with Gasteiger partial charge < -0.3 is 0 Å². The third-order valence-electron chi connectivity index (χ3n) is 0.675. The number of hydrogen-bond donors (Lipinski definition) is 1. The molecule has 0 aromatic carbocycles. The van der Waals surface area contributed by atoms with Crippen LogP contribution in [0.25, 0.3) is 0 Å². The van der Waals surface area contributed by atoms with Gasteiger partial charge in [0.15, 0.2) is 0 Å². The van der Waals surface area contributed by atoms with Crippen molar-refractivity contribution in [2.24, 2.45) is 5.73 Å². The van der Waals surface area contributed by atoms with E-state index in [1.165, 1.54) is 11.1 Å². The van der Waals surface area contributed by atoms with Crippen molar-refractivity contribution in [2.45, 2.75) is 0 Å². The third-order valence-corrected chi connectivity index (χ3v) is 0.865. The van der Waals surface area contributed by atoms with Gasteiger partial charge >= 0.3 is 60.8 Å². The molecule has 2 N–H and O–H groups in total. The molecule has 2 nitrogen and oxygen atoms in total.